The molecule has 2 bridgehead atoms. The normalized spacial score (nSPS) is 30.7. The first-order chi connectivity index (χ1) is 11.2. The molecule has 1 aromatic rings. The van der Waals surface area contributed by atoms with Crippen LogP contribution in [0.1, 0.15) is 43.2 Å². The molecule has 0 spiro atoms. The van der Waals surface area contributed by atoms with Gasteiger partial charge in [-0.3, -0.25) is 0 Å². The lowest BCUT2D eigenvalue weighted by Gasteiger charge is -2.29. The summed E-state index contributed by atoms with van der Waals surface area (Å²) in [4.78, 5) is 12.3. The number of hydrogen-bond donors (Lipinski definition) is 3. The van der Waals surface area contributed by atoms with Crippen molar-refractivity contribution in [2.45, 2.75) is 56.5 Å². The Labute approximate surface area is 138 Å². The van der Waals surface area contributed by atoms with Gasteiger partial charge in [0, 0.05) is 30.6 Å². The van der Waals surface area contributed by atoms with Gasteiger partial charge in [0.1, 0.15) is 0 Å². The Morgan fingerprint density at radius 1 is 1.30 bits per heavy atom. The average molecular weight is 313 g/mol. The Hall–Kier alpha value is -1.55. The van der Waals surface area contributed by atoms with Crippen LogP contribution in [0, 0.1) is 12.8 Å². The molecule has 4 heteroatoms. The van der Waals surface area contributed by atoms with Gasteiger partial charge >= 0.3 is 6.03 Å². The fourth-order valence-electron chi connectivity index (χ4n) is 4.51. The number of aryl methyl sites for hydroxylation is 1. The lowest BCUT2D eigenvalue weighted by Crippen LogP contribution is -2.48. The Morgan fingerprint density at radius 3 is 2.91 bits per heavy atom. The number of fused-ring (bicyclic) bond motifs is 2. The highest BCUT2D eigenvalue weighted by molar-refractivity contribution is 5.74. The SMILES string of the molecule is Cc1ccccc1C1(CNC(=O)NC2CCC3CC2CN3)CC1. The number of amides is 2. The molecule has 3 fully saturated rings. The van der Waals surface area contributed by atoms with E-state index < -0.39 is 0 Å². The number of rotatable bonds is 4. The Kier molecular flexibility index (Phi) is 3.80. The molecular weight excluding hydrogens is 286 g/mol. The number of benzene rings is 1. The third kappa shape index (κ3) is 2.97. The summed E-state index contributed by atoms with van der Waals surface area (Å²) >= 11 is 0. The summed E-state index contributed by atoms with van der Waals surface area (Å²) in [5, 5.41) is 9.91. The fourth-order valence-corrected chi connectivity index (χ4v) is 4.51. The van der Waals surface area contributed by atoms with Crippen molar-refractivity contribution < 1.29 is 4.79 Å². The monoisotopic (exact) mass is 313 g/mol. The minimum absolute atomic E-state index is 0.0141. The van der Waals surface area contributed by atoms with E-state index in [4.69, 9.17) is 0 Å². The average Bonchev–Trinajstić information content (AvgIpc) is 3.24. The molecule has 4 nitrogen and oxygen atoms in total. The highest BCUT2D eigenvalue weighted by Gasteiger charge is 2.45. The van der Waals surface area contributed by atoms with Gasteiger partial charge in [-0.15, -0.1) is 0 Å². The second-order valence-corrected chi connectivity index (χ2v) is 7.71. The molecule has 124 valence electrons. The van der Waals surface area contributed by atoms with Crippen LogP contribution in [0.2, 0.25) is 0 Å². The second-order valence-electron chi connectivity index (χ2n) is 7.71. The van der Waals surface area contributed by atoms with Crippen molar-refractivity contribution in [2.24, 2.45) is 5.92 Å². The first kappa shape index (κ1) is 15.0. The Balaban J connectivity index is 1.32. The van der Waals surface area contributed by atoms with E-state index >= 15 is 0 Å². The van der Waals surface area contributed by atoms with E-state index in [-0.39, 0.29) is 11.4 Å². The molecule has 0 aromatic heterocycles. The number of carbonyl (C=O) groups is 1. The molecule has 2 aliphatic carbocycles. The molecule has 0 radical (unpaired) electrons. The summed E-state index contributed by atoms with van der Waals surface area (Å²) < 4.78 is 0. The van der Waals surface area contributed by atoms with E-state index in [9.17, 15) is 4.79 Å². The standard InChI is InChI=1S/C19H27N3O/c1-13-4-2-3-5-16(13)19(8-9-19)12-21-18(23)22-17-7-6-15-10-14(17)11-20-15/h2-5,14-15,17,20H,6-12H2,1H3,(H2,21,22,23). The summed E-state index contributed by atoms with van der Waals surface area (Å²) in [6.07, 6.45) is 5.87. The molecule has 2 amide bonds. The molecule has 3 aliphatic rings. The summed E-state index contributed by atoms with van der Waals surface area (Å²) in [5.41, 5.74) is 2.92. The third-order valence-electron chi connectivity index (χ3n) is 6.12. The molecule has 2 saturated carbocycles. The van der Waals surface area contributed by atoms with Gasteiger partial charge in [0.25, 0.3) is 0 Å². The lowest BCUT2D eigenvalue weighted by molar-refractivity contribution is 0.224. The molecule has 23 heavy (non-hydrogen) atoms. The van der Waals surface area contributed by atoms with Gasteiger partial charge in [-0.1, -0.05) is 24.3 Å². The predicted octanol–water partition coefficient (Wildman–Crippen LogP) is 2.47. The summed E-state index contributed by atoms with van der Waals surface area (Å²) in [5.74, 6) is 0.616. The van der Waals surface area contributed by atoms with Crippen molar-refractivity contribution in [3.8, 4) is 0 Å². The smallest absolute Gasteiger partial charge is 0.315 e. The Bertz CT molecular complexity index is 596. The van der Waals surface area contributed by atoms with Crippen molar-refractivity contribution in [3.63, 3.8) is 0 Å². The Morgan fingerprint density at radius 2 is 2.13 bits per heavy atom. The zero-order valence-corrected chi connectivity index (χ0v) is 13.9. The van der Waals surface area contributed by atoms with Crippen LogP contribution in [0.5, 0.6) is 0 Å². The molecule has 3 atom stereocenters. The van der Waals surface area contributed by atoms with Crippen LogP contribution < -0.4 is 16.0 Å². The first-order valence-electron chi connectivity index (χ1n) is 9.00. The molecule has 4 rings (SSSR count). The van der Waals surface area contributed by atoms with E-state index in [1.807, 2.05) is 0 Å². The predicted molar refractivity (Wildman–Crippen MR) is 91.5 cm³/mol. The van der Waals surface area contributed by atoms with Gasteiger partial charge in [0.2, 0.25) is 0 Å². The van der Waals surface area contributed by atoms with Gasteiger partial charge in [-0.25, -0.2) is 4.79 Å². The minimum atomic E-state index is 0.0141. The maximum absolute atomic E-state index is 12.3. The quantitative estimate of drug-likeness (QED) is 0.800. The van der Waals surface area contributed by atoms with E-state index in [0.717, 1.165) is 19.5 Å². The van der Waals surface area contributed by atoms with Crippen LogP contribution in [-0.2, 0) is 5.41 Å². The van der Waals surface area contributed by atoms with Gasteiger partial charge in [-0.05, 0) is 56.1 Å². The van der Waals surface area contributed by atoms with E-state index in [1.54, 1.807) is 0 Å². The molecule has 3 N–H and O–H groups in total. The molecule has 1 saturated heterocycles. The van der Waals surface area contributed by atoms with Crippen molar-refractivity contribution in [1.29, 1.82) is 0 Å². The fraction of sp³-hybridized carbons (Fsp3) is 0.632. The van der Waals surface area contributed by atoms with E-state index in [0.29, 0.717) is 18.0 Å². The van der Waals surface area contributed by atoms with Gasteiger partial charge in [0.05, 0.1) is 0 Å². The van der Waals surface area contributed by atoms with E-state index in [2.05, 4.69) is 47.1 Å². The van der Waals surface area contributed by atoms with Crippen LogP contribution in [0.25, 0.3) is 0 Å². The van der Waals surface area contributed by atoms with Crippen LogP contribution in [0.15, 0.2) is 24.3 Å². The van der Waals surface area contributed by atoms with Crippen LogP contribution in [-0.4, -0.2) is 31.2 Å². The largest absolute Gasteiger partial charge is 0.337 e. The van der Waals surface area contributed by atoms with Crippen molar-refractivity contribution >= 4 is 6.03 Å². The molecule has 1 aromatic carbocycles. The molecule has 1 heterocycles. The van der Waals surface area contributed by atoms with E-state index in [1.165, 1.54) is 36.8 Å². The van der Waals surface area contributed by atoms with Gasteiger partial charge in [-0.2, -0.15) is 0 Å². The zero-order chi connectivity index (χ0) is 15.9. The summed E-state index contributed by atoms with van der Waals surface area (Å²) in [6, 6.07) is 9.62. The summed E-state index contributed by atoms with van der Waals surface area (Å²) in [6.45, 7) is 3.98. The molecule has 3 unspecified atom stereocenters. The highest BCUT2D eigenvalue weighted by atomic mass is 16.2. The van der Waals surface area contributed by atoms with Gasteiger partial charge in [0.15, 0.2) is 0 Å². The lowest BCUT2D eigenvalue weighted by atomic mass is 9.86. The van der Waals surface area contributed by atoms with Crippen molar-refractivity contribution in [2.75, 3.05) is 13.1 Å². The van der Waals surface area contributed by atoms with Crippen LogP contribution in [0.3, 0.4) is 0 Å². The zero-order valence-electron chi connectivity index (χ0n) is 13.9. The topological polar surface area (TPSA) is 53.2 Å². The first-order valence-corrected chi connectivity index (χ1v) is 9.00. The van der Waals surface area contributed by atoms with Crippen molar-refractivity contribution in [1.82, 2.24) is 16.0 Å². The van der Waals surface area contributed by atoms with Crippen LogP contribution >= 0.6 is 0 Å². The number of urea groups is 1. The number of nitrogens with one attached hydrogen (secondary N) is 3. The minimum Gasteiger partial charge on any atom is -0.337 e. The second kappa shape index (κ2) is 5.82. The highest BCUT2D eigenvalue weighted by Crippen LogP contribution is 2.48. The molecular formula is C19H27N3O. The summed E-state index contributed by atoms with van der Waals surface area (Å²) in [7, 11) is 0. The van der Waals surface area contributed by atoms with Crippen molar-refractivity contribution in [3.05, 3.63) is 35.4 Å². The van der Waals surface area contributed by atoms with Crippen LogP contribution in [0.4, 0.5) is 4.79 Å². The maximum Gasteiger partial charge on any atom is 0.315 e. The maximum atomic E-state index is 12.3. The van der Waals surface area contributed by atoms with Gasteiger partial charge < -0.3 is 16.0 Å². The third-order valence-corrected chi connectivity index (χ3v) is 6.12. The molecule has 1 aliphatic heterocycles. The number of carbonyl (C=O) groups excluding carboxylic acids is 1. The number of hydrogen-bond acceptors (Lipinski definition) is 2.